The van der Waals surface area contributed by atoms with Crippen molar-refractivity contribution in [2.75, 3.05) is 0 Å². The summed E-state index contributed by atoms with van der Waals surface area (Å²) in [4.78, 5) is 0. The largest absolute Gasteiger partial charge is 0.506 e. The number of benzene rings is 1. The zero-order valence-corrected chi connectivity index (χ0v) is 7.44. The number of halogens is 1. The molecular formula is C9H11ClO. The van der Waals surface area contributed by atoms with Gasteiger partial charge in [0.05, 0.1) is 5.02 Å². The summed E-state index contributed by atoms with van der Waals surface area (Å²) in [5.41, 5.74) is 2.00. The molecular weight excluding hydrogens is 160 g/mol. The average Bonchev–Trinajstić information content (AvgIpc) is 1.96. The van der Waals surface area contributed by atoms with Crippen molar-refractivity contribution in [3.8, 4) is 5.75 Å². The van der Waals surface area contributed by atoms with Crippen molar-refractivity contribution in [3.05, 3.63) is 28.3 Å². The van der Waals surface area contributed by atoms with Crippen LogP contribution in [-0.2, 0) is 6.42 Å². The van der Waals surface area contributed by atoms with Gasteiger partial charge in [0.1, 0.15) is 5.75 Å². The summed E-state index contributed by atoms with van der Waals surface area (Å²) in [6, 6.07) is 3.71. The number of aryl methyl sites for hydroxylation is 2. The van der Waals surface area contributed by atoms with E-state index >= 15 is 0 Å². The Kier molecular flexibility index (Phi) is 2.40. The zero-order chi connectivity index (χ0) is 8.43. The number of hydrogen-bond donors (Lipinski definition) is 1. The Morgan fingerprint density at radius 1 is 1.45 bits per heavy atom. The predicted octanol–water partition coefficient (Wildman–Crippen LogP) is 2.92. The molecule has 0 aromatic heterocycles. The standard InChI is InChI=1S/C9H11ClO/c1-3-7-4-6(2)5-8(10)9(7)11/h4-5,11H,3H2,1-2H3. The van der Waals surface area contributed by atoms with E-state index in [4.69, 9.17) is 11.6 Å². The van der Waals surface area contributed by atoms with Gasteiger partial charge in [-0.1, -0.05) is 24.6 Å². The van der Waals surface area contributed by atoms with Crippen LogP contribution in [0.4, 0.5) is 0 Å². The zero-order valence-electron chi connectivity index (χ0n) is 6.69. The van der Waals surface area contributed by atoms with Gasteiger partial charge < -0.3 is 5.11 Å². The molecule has 1 aromatic carbocycles. The van der Waals surface area contributed by atoms with Gasteiger partial charge in [0.15, 0.2) is 0 Å². The number of rotatable bonds is 1. The van der Waals surface area contributed by atoms with Gasteiger partial charge in [0, 0.05) is 0 Å². The van der Waals surface area contributed by atoms with Gasteiger partial charge >= 0.3 is 0 Å². The molecule has 0 spiro atoms. The second kappa shape index (κ2) is 3.14. The van der Waals surface area contributed by atoms with Gasteiger partial charge in [-0.05, 0) is 30.5 Å². The van der Waals surface area contributed by atoms with E-state index in [1.165, 1.54) is 0 Å². The minimum atomic E-state index is 0.222. The molecule has 0 heterocycles. The summed E-state index contributed by atoms with van der Waals surface area (Å²) in [6.45, 7) is 3.95. The molecule has 0 radical (unpaired) electrons. The quantitative estimate of drug-likeness (QED) is 0.687. The molecule has 1 aromatic rings. The van der Waals surface area contributed by atoms with Crippen LogP contribution >= 0.6 is 11.6 Å². The average molecular weight is 171 g/mol. The van der Waals surface area contributed by atoms with E-state index in [0.717, 1.165) is 17.5 Å². The van der Waals surface area contributed by atoms with Gasteiger partial charge in [-0.2, -0.15) is 0 Å². The summed E-state index contributed by atoms with van der Waals surface area (Å²) in [5, 5.41) is 9.84. The molecule has 0 amide bonds. The van der Waals surface area contributed by atoms with Gasteiger partial charge in [-0.3, -0.25) is 0 Å². The van der Waals surface area contributed by atoms with E-state index in [2.05, 4.69) is 0 Å². The number of hydrogen-bond acceptors (Lipinski definition) is 1. The molecule has 1 rings (SSSR count). The summed E-state index contributed by atoms with van der Waals surface area (Å²) in [5.74, 6) is 0.222. The van der Waals surface area contributed by atoms with E-state index < -0.39 is 0 Å². The van der Waals surface area contributed by atoms with Crippen molar-refractivity contribution in [2.24, 2.45) is 0 Å². The van der Waals surface area contributed by atoms with E-state index in [9.17, 15) is 5.11 Å². The molecule has 0 saturated heterocycles. The summed E-state index contributed by atoms with van der Waals surface area (Å²) in [7, 11) is 0. The van der Waals surface area contributed by atoms with E-state index in [0.29, 0.717) is 5.02 Å². The smallest absolute Gasteiger partial charge is 0.137 e. The molecule has 11 heavy (non-hydrogen) atoms. The maximum atomic E-state index is 9.39. The minimum absolute atomic E-state index is 0.222. The fraction of sp³-hybridized carbons (Fsp3) is 0.333. The molecule has 1 nitrogen and oxygen atoms in total. The summed E-state index contributed by atoms with van der Waals surface area (Å²) in [6.07, 6.45) is 0.813. The van der Waals surface area contributed by atoms with Crippen molar-refractivity contribution in [2.45, 2.75) is 20.3 Å². The normalized spacial score (nSPS) is 10.1. The highest BCUT2D eigenvalue weighted by Crippen LogP contribution is 2.28. The molecule has 0 bridgehead atoms. The lowest BCUT2D eigenvalue weighted by Gasteiger charge is -2.04. The van der Waals surface area contributed by atoms with Crippen molar-refractivity contribution >= 4 is 11.6 Å². The lowest BCUT2D eigenvalue weighted by atomic mass is 10.1. The van der Waals surface area contributed by atoms with Crippen molar-refractivity contribution < 1.29 is 5.11 Å². The van der Waals surface area contributed by atoms with Crippen LogP contribution in [0.3, 0.4) is 0 Å². The van der Waals surface area contributed by atoms with Crippen LogP contribution in [0.25, 0.3) is 0 Å². The molecule has 60 valence electrons. The van der Waals surface area contributed by atoms with Crippen molar-refractivity contribution in [1.29, 1.82) is 0 Å². The van der Waals surface area contributed by atoms with E-state index in [1.54, 1.807) is 6.07 Å². The summed E-state index contributed by atoms with van der Waals surface area (Å²) < 4.78 is 0. The molecule has 0 fully saturated rings. The van der Waals surface area contributed by atoms with Gasteiger partial charge in [-0.25, -0.2) is 0 Å². The summed E-state index contributed by atoms with van der Waals surface area (Å²) >= 11 is 5.75. The van der Waals surface area contributed by atoms with Crippen LogP contribution in [0.1, 0.15) is 18.1 Å². The maximum absolute atomic E-state index is 9.39. The second-order valence-corrected chi connectivity index (χ2v) is 3.02. The number of aromatic hydroxyl groups is 1. The Labute approximate surface area is 71.6 Å². The third-order valence-electron chi connectivity index (χ3n) is 1.67. The highest BCUT2D eigenvalue weighted by Gasteiger charge is 2.03. The van der Waals surface area contributed by atoms with Crippen LogP contribution in [0, 0.1) is 6.92 Å². The van der Waals surface area contributed by atoms with Crippen molar-refractivity contribution in [3.63, 3.8) is 0 Å². The first-order valence-corrected chi connectivity index (χ1v) is 4.01. The Bertz CT molecular complexity index is 269. The molecule has 2 heteroatoms. The van der Waals surface area contributed by atoms with Crippen LogP contribution < -0.4 is 0 Å². The highest BCUT2D eigenvalue weighted by molar-refractivity contribution is 6.32. The lowest BCUT2D eigenvalue weighted by molar-refractivity contribution is 0.469. The maximum Gasteiger partial charge on any atom is 0.137 e. The molecule has 0 atom stereocenters. The molecule has 0 aliphatic rings. The van der Waals surface area contributed by atoms with Gasteiger partial charge in [-0.15, -0.1) is 0 Å². The lowest BCUT2D eigenvalue weighted by Crippen LogP contribution is -1.84. The van der Waals surface area contributed by atoms with Gasteiger partial charge in [0.2, 0.25) is 0 Å². The topological polar surface area (TPSA) is 20.2 Å². The predicted molar refractivity (Wildman–Crippen MR) is 47.2 cm³/mol. The fourth-order valence-corrected chi connectivity index (χ4v) is 1.37. The number of phenols is 1. The van der Waals surface area contributed by atoms with Crippen LogP contribution in [-0.4, -0.2) is 5.11 Å². The first-order chi connectivity index (χ1) is 5.15. The Morgan fingerprint density at radius 2 is 2.09 bits per heavy atom. The van der Waals surface area contributed by atoms with Crippen molar-refractivity contribution in [1.82, 2.24) is 0 Å². The van der Waals surface area contributed by atoms with Gasteiger partial charge in [0.25, 0.3) is 0 Å². The third kappa shape index (κ3) is 1.66. The molecule has 1 N–H and O–H groups in total. The highest BCUT2D eigenvalue weighted by atomic mass is 35.5. The van der Waals surface area contributed by atoms with E-state index in [-0.39, 0.29) is 5.75 Å². The molecule has 0 unspecified atom stereocenters. The second-order valence-electron chi connectivity index (χ2n) is 2.61. The monoisotopic (exact) mass is 170 g/mol. The molecule has 0 aliphatic heterocycles. The molecule has 0 aliphatic carbocycles. The third-order valence-corrected chi connectivity index (χ3v) is 1.96. The Hall–Kier alpha value is -0.690. The van der Waals surface area contributed by atoms with Crippen LogP contribution in [0.2, 0.25) is 5.02 Å². The van der Waals surface area contributed by atoms with Crippen LogP contribution in [0.15, 0.2) is 12.1 Å². The van der Waals surface area contributed by atoms with E-state index in [1.807, 2.05) is 19.9 Å². The minimum Gasteiger partial charge on any atom is -0.506 e. The fourth-order valence-electron chi connectivity index (χ4n) is 1.08. The first-order valence-electron chi connectivity index (χ1n) is 3.63. The Balaban J connectivity index is 3.24. The molecule has 0 saturated carbocycles. The Morgan fingerprint density at radius 3 is 2.64 bits per heavy atom. The SMILES string of the molecule is CCc1cc(C)cc(Cl)c1O. The number of phenolic OH excluding ortho intramolecular Hbond substituents is 1. The van der Waals surface area contributed by atoms with Crippen LogP contribution in [0.5, 0.6) is 5.75 Å². The first kappa shape index (κ1) is 8.41.